The molecule has 132 valence electrons. The van der Waals surface area contributed by atoms with Crippen molar-refractivity contribution in [2.75, 3.05) is 13.1 Å². The van der Waals surface area contributed by atoms with Crippen LogP contribution in [0.4, 0.5) is 4.39 Å². The van der Waals surface area contributed by atoms with E-state index in [4.69, 9.17) is 9.63 Å². The van der Waals surface area contributed by atoms with Crippen LogP contribution in [0.1, 0.15) is 25.2 Å². The smallest absolute Gasteiger partial charge is 0.308 e. The Balaban J connectivity index is 1.47. The predicted octanol–water partition coefficient (Wildman–Crippen LogP) is 2.13. The first-order valence-electron chi connectivity index (χ1n) is 8.12. The lowest BCUT2D eigenvalue weighted by atomic mass is 10.1. The van der Waals surface area contributed by atoms with E-state index in [1.165, 1.54) is 12.1 Å². The van der Waals surface area contributed by atoms with E-state index >= 15 is 0 Å². The van der Waals surface area contributed by atoms with Gasteiger partial charge in [0.25, 0.3) is 0 Å². The van der Waals surface area contributed by atoms with Gasteiger partial charge in [-0.2, -0.15) is 4.98 Å². The molecule has 1 amide bonds. The van der Waals surface area contributed by atoms with Crippen LogP contribution in [0.3, 0.4) is 0 Å². The lowest BCUT2D eigenvalue weighted by Gasteiger charge is -2.15. The average molecular weight is 347 g/mol. The number of likely N-dealkylation sites (tertiary alicyclic amines) is 1. The van der Waals surface area contributed by atoms with Crippen molar-refractivity contribution in [3.63, 3.8) is 0 Å². The monoisotopic (exact) mass is 347 g/mol. The number of carboxylic acids is 1. The van der Waals surface area contributed by atoms with E-state index in [2.05, 4.69) is 10.1 Å². The molecule has 0 radical (unpaired) electrons. The molecule has 1 aliphatic heterocycles. The van der Waals surface area contributed by atoms with Gasteiger partial charge in [0.15, 0.2) is 0 Å². The molecule has 25 heavy (non-hydrogen) atoms. The van der Waals surface area contributed by atoms with E-state index in [0.29, 0.717) is 49.5 Å². The molecular weight excluding hydrogens is 329 g/mol. The second-order valence-electron chi connectivity index (χ2n) is 6.04. The van der Waals surface area contributed by atoms with Crippen molar-refractivity contribution in [1.29, 1.82) is 0 Å². The van der Waals surface area contributed by atoms with Crippen LogP contribution in [0.15, 0.2) is 28.8 Å². The normalized spacial score (nSPS) is 17.0. The van der Waals surface area contributed by atoms with Crippen molar-refractivity contribution in [1.82, 2.24) is 15.0 Å². The number of hydrogen-bond acceptors (Lipinski definition) is 5. The number of aromatic nitrogens is 2. The quantitative estimate of drug-likeness (QED) is 0.860. The van der Waals surface area contributed by atoms with Crippen molar-refractivity contribution >= 4 is 11.9 Å². The molecule has 7 nitrogen and oxygen atoms in total. The lowest BCUT2D eigenvalue weighted by Crippen LogP contribution is -2.29. The maximum absolute atomic E-state index is 12.9. The van der Waals surface area contributed by atoms with Crippen LogP contribution >= 0.6 is 0 Å². The Morgan fingerprint density at radius 1 is 1.32 bits per heavy atom. The Morgan fingerprint density at radius 2 is 2.08 bits per heavy atom. The molecule has 1 N–H and O–H groups in total. The number of carbonyl (C=O) groups is 2. The van der Waals surface area contributed by atoms with E-state index in [-0.39, 0.29) is 18.3 Å². The summed E-state index contributed by atoms with van der Waals surface area (Å²) in [5.74, 6) is -0.908. The van der Waals surface area contributed by atoms with Crippen molar-refractivity contribution in [2.24, 2.45) is 5.92 Å². The van der Waals surface area contributed by atoms with Crippen molar-refractivity contribution in [3.8, 4) is 11.4 Å². The minimum Gasteiger partial charge on any atom is -0.481 e. The third-order valence-electron chi connectivity index (χ3n) is 4.24. The molecule has 0 saturated carbocycles. The van der Waals surface area contributed by atoms with E-state index in [1.54, 1.807) is 17.0 Å². The molecule has 0 bridgehead atoms. The summed E-state index contributed by atoms with van der Waals surface area (Å²) in [6, 6.07) is 5.79. The van der Waals surface area contributed by atoms with Gasteiger partial charge in [-0.3, -0.25) is 9.59 Å². The molecule has 1 fully saturated rings. The number of benzene rings is 1. The van der Waals surface area contributed by atoms with Gasteiger partial charge in [0.05, 0.1) is 5.92 Å². The number of rotatable bonds is 6. The number of nitrogens with zero attached hydrogens (tertiary/aromatic N) is 3. The number of carboxylic acid groups (broad SMARTS) is 1. The van der Waals surface area contributed by atoms with Crippen LogP contribution < -0.4 is 0 Å². The highest BCUT2D eigenvalue weighted by Crippen LogP contribution is 2.19. The molecule has 2 aromatic rings. The summed E-state index contributed by atoms with van der Waals surface area (Å²) in [5.41, 5.74) is 0.657. The van der Waals surface area contributed by atoms with Gasteiger partial charge in [0, 0.05) is 31.5 Å². The Bertz CT molecular complexity index is 760. The maximum atomic E-state index is 12.9. The number of carbonyl (C=O) groups excluding carboxylic acids is 1. The van der Waals surface area contributed by atoms with Gasteiger partial charge in [0.2, 0.25) is 17.6 Å². The van der Waals surface area contributed by atoms with Crippen LogP contribution in [-0.2, 0) is 16.0 Å². The SMILES string of the molecule is O=C(O)[C@H]1CCN(C(=O)CCCc2nc(-c3ccc(F)cc3)no2)C1. The zero-order chi connectivity index (χ0) is 17.8. The summed E-state index contributed by atoms with van der Waals surface area (Å²) in [6.45, 7) is 0.772. The third-order valence-corrected chi connectivity index (χ3v) is 4.24. The molecular formula is C17H18FN3O4. The Morgan fingerprint density at radius 3 is 2.76 bits per heavy atom. The van der Waals surface area contributed by atoms with Crippen LogP contribution in [0.25, 0.3) is 11.4 Å². The molecule has 0 unspecified atom stereocenters. The fourth-order valence-electron chi connectivity index (χ4n) is 2.81. The summed E-state index contributed by atoms with van der Waals surface area (Å²) in [7, 11) is 0. The first-order chi connectivity index (χ1) is 12.0. The number of halogens is 1. The average Bonchev–Trinajstić information content (AvgIpc) is 3.25. The second-order valence-corrected chi connectivity index (χ2v) is 6.04. The Kier molecular flexibility index (Phi) is 5.06. The van der Waals surface area contributed by atoms with Gasteiger partial charge in [-0.15, -0.1) is 0 Å². The number of aryl methyl sites for hydroxylation is 1. The van der Waals surface area contributed by atoms with Crippen molar-refractivity contribution < 1.29 is 23.6 Å². The Labute approximate surface area is 143 Å². The van der Waals surface area contributed by atoms with Crippen molar-refractivity contribution in [3.05, 3.63) is 36.0 Å². The van der Waals surface area contributed by atoms with Gasteiger partial charge in [-0.25, -0.2) is 4.39 Å². The van der Waals surface area contributed by atoms with Crippen LogP contribution in [0.2, 0.25) is 0 Å². The fraction of sp³-hybridized carbons (Fsp3) is 0.412. The minimum absolute atomic E-state index is 0.0537. The number of amides is 1. The summed E-state index contributed by atoms with van der Waals surface area (Å²) in [4.78, 5) is 28.8. The third kappa shape index (κ3) is 4.20. The minimum atomic E-state index is -0.852. The first-order valence-corrected chi connectivity index (χ1v) is 8.12. The summed E-state index contributed by atoms with van der Waals surface area (Å²) in [6.07, 6.45) is 1.81. The lowest BCUT2D eigenvalue weighted by molar-refractivity contribution is -0.141. The van der Waals surface area contributed by atoms with E-state index in [1.807, 2.05) is 0 Å². The van der Waals surface area contributed by atoms with Crippen LogP contribution in [0, 0.1) is 11.7 Å². The first kappa shape index (κ1) is 17.1. The second kappa shape index (κ2) is 7.42. The highest BCUT2D eigenvalue weighted by molar-refractivity contribution is 5.78. The molecule has 1 aliphatic rings. The van der Waals surface area contributed by atoms with Crippen molar-refractivity contribution in [2.45, 2.75) is 25.7 Å². The molecule has 1 atom stereocenters. The maximum Gasteiger partial charge on any atom is 0.308 e. The summed E-state index contributed by atoms with van der Waals surface area (Å²) < 4.78 is 18.1. The fourth-order valence-corrected chi connectivity index (χ4v) is 2.81. The topological polar surface area (TPSA) is 96.5 Å². The molecule has 1 aromatic carbocycles. The number of hydrogen-bond donors (Lipinski definition) is 1. The number of aliphatic carboxylic acids is 1. The molecule has 1 saturated heterocycles. The van der Waals surface area contributed by atoms with Gasteiger partial charge in [-0.05, 0) is 37.1 Å². The molecule has 1 aromatic heterocycles. The largest absolute Gasteiger partial charge is 0.481 e. The van der Waals surface area contributed by atoms with E-state index in [9.17, 15) is 14.0 Å². The van der Waals surface area contributed by atoms with E-state index < -0.39 is 11.9 Å². The predicted molar refractivity (Wildman–Crippen MR) is 85.0 cm³/mol. The zero-order valence-electron chi connectivity index (χ0n) is 13.5. The van der Waals surface area contributed by atoms with Gasteiger partial charge < -0.3 is 14.5 Å². The van der Waals surface area contributed by atoms with Crippen LogP contribution in [-0.4, -0.2) is 45.1 Å². The highest BCUT2D eigenvalue weighted by atomic mass is 19.1. The zero-order valence-corrected chi connectivity index (χ0v) is 13.5. The molecule has 0 spiro atoms. The molecule has 8 heteroatoms. The molecule has 3 rings (SSSR count). The van der Waals surface area contributed by atoms with Gasteiger partial charge >= 0.3 is 5.97 Å². The molecule has 0 aliphatic carbocycles. The standard InChI is InChI=1S/C17H18FN3O4/c18-13-6-4-11(5-7-13)16-19-14(25-20-16)2-1-3-15(22)21-9-8-12(10-21)17(23)24/h4-7,12H,1-3,8-10H2,(H,23,24)/t12-/m0/s1. The van der Waals surface area contributed by atoms with Crippen LogP contribution in [0.5, 0.6) is 0 Å². The molecule has 2 heterocycles. The highest BCUT2D eigenvalue weighted by Gasteiger charge is 2.30. The summed E-state index contributed by atoms with van der Waals surface area (Å²) >= 11 is 0. The van der Waals surface area contributed by atoms with Gasteiger partial charge in [-0.1, -0.05) is 5.16 Å². The van der Waals surface area contributed by atoms with Gasteiger partial charge in [0.1, 0.15) is 5.82 Å². The summed E-state index contributed by atoms with van der Waals surface area (Å²) in [5, 5.41) is 12.8. The van der Waals surface area contributed by atoms with E-state index in [0.717, 1.165) is 0 Å². The Hall–Kier alpha value is -2.77.